The van der Waals surface area contributed by atoms with E-state index in [1.54, 1.807) is 0 Å². The summed E-state index contributed by atoms with van der Waals surface area (Å²) in [7, 11) is 0. The number of aliphatic hydroxyl groups is 1. The normalized spacial score (nSPS) is 19.9. The molecule has 0 aliphatic heterocycles. The highest BCUT2D eigenvalue weighted by atomic mass is 16.3. The number of benzene rings is 1. The average molecular weight is 377 g/mol. The number of rotatable bonds is 4. The van der Waals surface area contributed by atoms with E-state index in [9.17, 15) is 5.11 Å². The summed E-state index contributed by atoms with van der Waals surface area (Å²) in [5, 5.41) is 29.5. The Morgan fingerprint density at radius 2 is 2.00 bits per heavy atom. The molecule has 0 spiro atoms. The van der Waals surface area contributed by atoms with Crippen LogP contribution in [0, 0.1) is 6.92 Å². The van der Waals surface area contributed by atoms with Crippen LogP contribution >= 0.6 is 0 Å². The van der Waals surface area contributed by atoms with E-state index in [2.05, 4.69) is 30.9 Å². The van der Waals surface area contributed by atoms with Gasteiger partial charge in [0.2, 0.25) is 5.95 Å². The van der Waals surface area contributed by atoms with Crippen molar-refractivity contribution in [2.75, 3.05) is 10.6 Å². The fourth-order valence-electron chi connectivity index (χ4n) is 3.85. The Morgan fingerprint density at radius 3 is 2.86 bits per heavy atom. The van der Waals surface area contributed by atoms with Crippen LogP contribution in [0.2, 0.25) is 0 Å². The highest BCUT2D eigenvalue weighted by Gasteiger charge is 2.20. The Morgan fingerprint density at radius 1 is 1.14 bits per heavy atom. The van der Waals surface area contributed by atoms with E-state index in [-0.39, 0.29) is 6.10 Å². The summed E-state index contributed by atoms with van der Waals surface area (Å²) in [4.78, 5) is 4.60. The zero-order chi connectivity index (χ0) is 19.1. The molecule has 8 heteroatoms. The number of aryl methyl sites for hydroxylation is 1. The first-order chi connectivity index (χ1) is 13.7. The topological polar surface area (TPSA) is 103 Å². The second kappa shape index (κ2) is 6.79. The van der Waals surface area contributed by atoms with Gasteiger partial charge in [0, 0.05) is 17.1 Å². The first-order valence-electron chi connectivity index (χ1n) is 9.68. The van der Waals surface area contributed by atoms with Crippen molar-refractivity contribution in [3.8, 4) is 0 Å². The first kappa shape index (κ1) is 17.0. The number of anilines is 3. The van der Waals surface area contributed by atoms with Crippen molar-refractivity contribution in [2.45, 2.75) is 44.8 Å². The van der Waals surface area contributed by atoms with E-state index < -0.39 is 0 Å². The summed E-state index contributed by atoms with van der Waals surface area (Å²) in [5.74, 6) is 1.47. The van der Waals surface area contributed by atoms with Crippen LogP contribution < -0.4 is 10.6 Å². The van der Waals surface area contributed by atoms with Crippen LogP contribution in [-0.4, -0.2) is 42.0 Å². The van der Waals surface area contributed by atoms with Crippen molar-refractivity contribution < 1.29 is 5.11 Å². The fraction of sp³-hybridized carbons (Fsp3) is 0.350. The number of aromatic amines is 1. The summed E-state index contributed by atoms with van der Waals surface area (Å²) in [6, 6.07) is 12.3. The van der Waals surface area contributed by atoms with E-state index in [1.165, 1.54) is 0 Å². The molecule has 1 aromatic carbocycles. The SMILES string of the molecule is Cc1n[nH]c2ccc(Nc3nc4cccc(NC5CCC(O)CC5)n4n3)cc12. The minimum absolute atomic E-state index is 0.160. The van der Waals surface area contributed by atoms with E-state index in [0.717, 1.165) is 59.4 Å². The van der Waals surface area contributed by atoms with Crippen LogP contribution in [0.15, 0.2) is 36.4 Å². The summed E-state index contributed by atoms with van der Waals surface area (Å²) >= 11 is 0. The molecule has 1 aliphatic rings. The highest BCUT2D eigenvalue weighted by molar-refractivity contribution is 5.85. The Bertz CT molecular complexity index is 1120. The van der Waals surface area contributed by atoms with Crippen LogP contribution in [0.1, 0.15) is 31.4 Å². The van der Waals surface area contributed by atoms with Crippen LogP contribution in [0.25, 0.3) is 16.6 Å². The van der Waals surface area contributed by atoms with Gasteiger partial charge in [0.25, 0.3) is 0 Å². The lowest BCUT2D eigenvalue weighted by atomic mass is 9.93. The van der Waals surface area contributed by atoms with Gasteiger partial charge in [-0.3, -0.25) is 5.10 Å². The van der Waals surface area contributed by atoms with E-state index in [0.29, 0.717) is 12.0 Å². The van der Waals surface area contributed by atoms with Crippen molar-refractivity contribution in [3.05, 3.63) is 42.1 Å². The largest absolute Gasteiger partial charge is 0.393 e. The first-order valence-corrected chi connectivity index (χ1v) is 9.68. The Kier molecular flexibility index (Phi) is 4.12. The molecule has 3 aromatic heterocycles. The molecule has 0 bridgehead atoms. The van der Waals surface area contributed by atoms with Gasteiger partial charge in [-0.2, -0.15) is 14.6 Å². The zero-order valence-corrected chi connectivity index (χ0v) is 15.7. The number of pyridine rings is 1. The molecule has 0 radical (unpaired) electrons. The fourth-order valence-corrected chi connectivity index (χ4v) is 3.85. The van der Waals surface area contributed by atoms with Crippen molar-refractivity contribution in [1.82, 2.24) is 24.8 Å². The van der Waals surface area contributed by atoms with E-state index in [1.807, 2.05) is 47.8 Å². The molecular weight excluding hydrogens is 354 g/mol. The monoisotopic (exact) mass is 377 g/mol. The molecule has 8 nitrogen and oxygen atoms in total. The quantitative estimate of drug-likeness (QED) is 0.435. The smallest absolute Gasteiger partial charge is 0.247 e. The van der Waals surface area contributed by atoms with Gasteiger partial charge < -0.3 is 15.7 Å². The molecule has 1 saturated carbocycles. The number of nitrogens with one attached hydrogen (secondary N) is 3. The molecule has 28 heavy (non-hydrogen) atoms. The summed E-state index contributed by atoms with van der Waals surface area (Å²) in [6.07, 6.45) is 3.44. The number of aliphatic hydroxyl groups excluding tert-OH is 1. The molecule has 0 atom stereocenters. The number of H-pyrrole nitrogens is 1. The molecule has 1 fully saturated rings. The zero-order valence-electron chi connectivity index (χ0n) is 15.7. The lowest BCUT2D eigenvalue weighted by molar-refractivity contribution is 0.126. The number of aromatic nitrogens is 5. The van der Waals surface area contributed by atoms with Crippen LogP contribution in [0.5, 0.6) is 0 Å². The summed E-state index contributed by atoms with van der Waals surface area (Å²) in [5.41, 5.74) is 3.67. The van der Waals surface area contributed by atoms with Crippen LogP contribution in [0.3, 0.4) is 0 Å². The van der Waals surface area contributed by atoms with Crippen molar-refractivity contribution in [3.63, 3.8) is 0 Å². The maximum atomic E-state index is 9.71. The third kappa shape index (κ3) is 3.16. The molecule has 0 saturated heterocycles. The highest BCUT2D eigenvalue weighted by Crippen LogP contribution is 2.25. The number of fused-ring (bicyclic) bond motifs is 2. The van der Waals surface area contributed by atoms with Gasteiger partial charge in [-0.25, -0.2) is 0 Å². The predicted octanol–water partition coefficient (Wildman–Crippen LogP) is 3.37. The molecule has 5 rings (SSSR count). The molecule has 144 valence electrons. The summed E-state index contributed by atoms with van der Waals surface area (Å²) in [6.45, 7) is 1.98. The van der Waals surface area contributed by atoms with Gasteiger partial charge in [-0.1, -0.05) is 6.07 Å². The molecule has 0 unspecified atom stereocenters. The Hall–Kier alpha value is -3.13. The minimum Gasteiger partial charge on any atom is -0.393 e. The van der Waals surface area contributed by atoms with Crippen molar-refractivity contribution >= 4 is 34.0 Å². The number of hydrogen-bond acceptors (Lipinski definition) is 6. The Balaban J connectivity index is 1.40. The van der Waals surface area contributed by atoms with Gasteiger partial charge in [-0.05, 0) is 62.9 Å². The third-order valence-corrected chi connectivity index (χ3v) is 5.42. The minimum atomic E-state index is -0.160. The van der Waals surface area contributed by atoms with E-state index in [4.69, 9.17) is 0 Å². The van der Waals surface area contributed by atoms with E-state index >= 15 is 0 Å². The second-order valence-electron chi connectivity index (χ2n) is 7.46. The van der Waals surface area contributed by atoms with Crippen LogP contribution in [-0.2, 0) is 0 Å². The van der Waals surface area contributed by atoms with Crippen molar-refractivity contribution in [2.24, 2.45) is 0 Å². The molecule has 1 aliphatic carbocycles. The van der Waals surface area contributed by atoms with Gasteiger partial charge in [0.15, 0.2) is 5.65 Å². The summed E-state index contributed by atoms with van der Waals surface area (Å²) < 4.78 is 1.83. The molecule has 4 aromatic rings. The lowest BCUT2D eigenvalue weighted by Gasteiger charge is -2.26. The standard InChI is InChI=1S/C20H23N7O/c1-12-16-11-14(7-10-17(16)25-24-12)22-20-23-19-4-2-3-18(27(19)26-20)21-13-5-8-15(28)9-6-13/h2-4,7,10-11,13,15,21,28H,5-6,8-9H2,1H3,(H,22,26)(H,24,25). The Labute approximate surface area is 162 Å². The molecule has 4 N–H and O–H groups in total. The number of nitrogens with zero attached hydrogens (tertiary/aromatic N) is 4. The third-order valence-electron chi connectivity index (χ3n) is 5.42. The van der Waals surface area contributed by atoms with Gasteiger partial charge >= 0.3 is 0 Å². The maximum Gasteiger partial charge on any atom is 0.247 e. The molecule has 3 heterocycles. The van der Waals surface area contributed by atoms with Gasteiger partial charge in [-0.15, -0.1) is 5.10 Å². The van der Waals surface area contributed by atoms with Crippen molar-refractivity contribution in [1.29, 1.82) is 0 Å². The van der Waals surface area contributed by atoms with Crippen LogP contribution in [0.4, 0.5) is 17.5 Å². The van der Waals surface area contributed by atoms with Gasteiger partial charge in [0.1, 0.15) is 5.82 Å². The molecule has 0 amide bonds. The predicted molar refractivity (Wildman–Crippen MR) is 109 cm³/mol. The average Bonchev–Trinajstić information content (AvgIpc) is 3.28. The lowest BCUT2D eigenvalue weighted by Crippen LogP contribution is -2.29. The maximum absolute atomic E-state index is 9.71. The number of hydrogen-bond donors (Lipinski definition) is 4. The second-order valence-corrected chi connectivity index (χ2v) is 7.46. The van der Waals surface area contributed by atoms with Gasteiger partial charge in [0.05, 0.1) is 17.3 Å². The molecular formula is C20H23N7O.